The van der Waals surface area contributed by atoms with Crippen molar-refractivity contribution in [3.63, 3.8) is 0 Å². The van der Waals surface area contributed by atoms with Crippen LogP contribution in [-0.2, 0) is 19.8 Å². The number of rotatable bonds is 2. The van der Waals surface area contributed by atoms with Crippen LogP contribution in [0.1, 0.15) is 88.6 Å². The molecule has 0 bridgehead atoms. The van der Waals surface area contributed by atoms with Crippen molar-refractivity contribution in [3.05, 3.63) is 35.9 Å². The third-order valence-corrected chi connectivity index (χ3v) is 18.4. The van der Waals surface area contributed by atoms with Crippen LogP contribution >= 0.6 is 0 Å². The summed E-state index contributed by atoms with van der Waals surface area (Å²) in [7, 11) is -5.85. The summed E-state index contributed by atoms with van der Waals surface area (Å²) in [6, 6.07) is 9.79. The molecule has 31 heavy (non-hydrogen) atoms. The molecule has 1 saturated heterocycles. The number of carbonyl (C=O) groups excluding carboxylic acids is 1. The Kier molecular flexibility index (Phi) is 6.89. The van der Waals surface area contributed by atoms with E-state index in [2.05, 4.69) is 100 Å². The minimum absolute atomic E-state index is 0.150. The van der Waals surface area contributed by atoms with Crippen molar-refractivity contribution in [1.82, 2.24) is 4.98 Å². The van der Waals surface area contributed by atoms with Gasteiger partial charge >= 0.3 is 14.5 Å². The summed E-state index contributed by atoms with van der Waals surface area (Å²) < 4.78 is 14.1. The van der Waals surface area contributed by atoms with Gasteiger partial charge in [0.2, 0.25) is 0 Å². The highest BCUT2D eigenvalue weighted by molar-refractivity contribution is 6.89. The lowest BCUT2D eigenvalue weighted by atomic mass is 10.1. The molecule has 0 amide bonds. The van der Waals surface area contributed by atoms with Crippen LogP contribution in [-0.4, -0.2) is 29.1 Å². The second-order valence-corrected chi connectivity index (χ2v) is 23.1. The van der Waals surface area contributed by atoms with E-state index in [4.69, 9.17) is 8.54 Å². The van der Waals surface area contributed by atoms with Crippen molar-refractivity contribution in [1.29, 1.82) is 0 Å². The molecule has 6 heteroatoms. The van der Waals surface area contributed by atoms with E-state index in [9.17, 15) is 4.79 Å². The highest BCUT2D eigenvalue weighted by Crippen LogP contribution is 2.60. The summed E-state index contributed by atoms with van der Waals surface area (Å²) in [5.74, 6) is -0.164. The fourth-order valence-electron chi connectivity index (χ4n) is 5.37. The average molecular weight is 464 g/mol. The van der Waals surface area contributed by atoms with Crippen molar-refractivity contribution in [3.8, 4) is 0 Å². The number of nitrogens with one attached hydrogen (secondary N) is 1. The average Bonchev–Trinajstić information content (AvgIpc) is 2.70. The number of hydrogen-bond donors (Lipinski definition) is 1. The summed E-state index contributed by atoms with van der Waals surface area (Å²) in [6.45, 7) is 26.6. The van der Waals surface area contributed by atoms with Crippen molar-refractivity contribution < 1.29 is 13.3 Å². The van der Waals surface area contributed by atoms with Gasteiger partial charge in [-0.3, -0.25) is 4.79 Å². The molecule has 1 N–H and O–H groups in total. The predicted molar refractivity (Wildman–Crippen MR) is 135 cm³/mol. The van der Waals surface area contributed by atoms with Crippen LogP contribution in [0.15, 0.2) is 30.3 Å². The molecule has 0 radical (unpaired) electrons. The maximum atomic E-state index is 13.8. The van der Waals surface area contributed by atoms with Gasteiger partial charge in [-0.25, -0.2) is 0 Å². The van der Waals surface area contributed by atoms with Crippen molar-refractivity contribution in [2.45, 2.75) is 116 Å². The topological polar surface area (TPSA) is 47.6 Å². The van der Waals surface area contributed by atoms with E-state index in [-0.39, 0.29) is 26.1 Å². The fourth-order valence-corrected chi connectivity index (χ4v) is 19.5. The van der Waals surface area contributed by atoms with Crippen LogP contribution in [0, 0.1) is 0 Å². The maximum Gasteiger partial charge on any atom is 0.403 e. The summed E-state index contributed by atoms with van der Waals surface area (Å²) in [5, 5.41) is -0.857. The number of hydrogen-bond acceptors (Lipinski definition) is 4. The van der Waals surface area contributed by atoms with E-state index in [1.807, 2.05) is 18.2 Å². The molecule has 1 aliphatic heterocycles. The highest BCUT2D eigenvalue weighted by Gasteiger charge is 2.71. The fraction of sp³-hybridized carbons (Fsp3) is 0.720. The number of carbonyl (C=O) groups is 1. The SMILES string of the molecule is CC(C)(C)[Si]1(C(C)(C)C)N[C@@H](Cc2ccccc2)C(=O)O[Si](C(C)(C)C)(C(C)(C)C)O1. The zero-order chi connectivity index (χ0) is 24.1. The first kappa shape index (κ1) is 26.3. The van der Waals surface area contributed by atoms with Crippen LogP contribution < -0.4 is 4.98 Å². The molecule has 4 nitrogen and oxygen atoms in total. The molecule has 0 saturated carbocycles. The third-order valence-electron chi connectivity index (χ3n) is 6.57. The molecule has 1 aromatic rings. The van der Waals surface area contributed by atoms with Gasteiger partial charge in [0.05, 0.1) is 0 Å². The zero-order valence-electron chi connectivity index (χ0n) is 21.9. The third kappa shape index (κ3) is 4.73. The van der Waals surface area contributed by atoms with Crippen molar-refractivity contribution >= 4 is 23.0 Å². The quantitative estimate of drug-likeness (QED) is 0.487. The lowest BCUT2D eigenvalue weighted by Crippen LogP contribution is -2.73. The van der Waals surface area contributed by atoms with Crippen LogP contribution in [0.25, 0.3) is 0 Å². The molecule has 176 valence electrons. The molecule has 1 fully saturated rings. The molecule has 1 aliphatic rings. The monoisotopic (exact) mass is 463 g/mol. The lowest BCUT2D eigenvalue weighted by molar-refractivity contribution is -0.138. The molecule has 2 rings (SSSR count). The van der Waals surface area contributed by atoms with Crippen LogP contribution in [0.5, 0.6) is 0 Å². The van der Waals surface area contributed by atoms with Gasteiger partial charge in [-0.2, -0.15) is 0 Å². The van der Waals surface area contributed by atoms with E-state index in [1.54, 1.807) is 0 Å². The normalized spacial score (nSPS) is 22.6. The Hall–Kier alpha value is -0.956. The van der Waals surface area contributed by atoms with Crippen molar-refractivity contribution in [2.75, 3.05) is 0 Å². The molecule has 1 aromatic carbocycles. The van der Waals surface area contributed by atoms with Crippen LogP contribution in [0.4, 0.5) is 0 Å². The molecule has 0 aliphatic carbocycles. The standard InChI is InChI=1S/C25H45NO3Si2/c1-22(2,3)30(23(4,5)6)26-20(18-19-16-14-13-15-17-19)21(27)28-31(29-30,24(7,8)9)25(10,11)12/h13-17,20,26H,18H2,1-12H3/t20-/m0/s1. The first-order valence-corrected chi connectivity index (χ1v) is 15.2. The predicted octanol–water partition coefficient (Wildman–Crippen LogP) is 6.85. The summed E-state index contributed by atoms with van der Waals surface area (Å²) >= 11 is 0. The maximum absolute atomic E-state index is 13.8. The lowest BCUT2D eigenvalue weighted by Gasteiger charge is -2.57. The molecule has 1 heterocycles. The summed E-state index contributed by atoms with van der Waals surface area (Å²) in [4.78, 5) is 17.6. The second kappa shape index (κ2) is 8.12. The zero-order valence-corrected chi connectivity index (χ0v) is 23.9. The molecule has 0 spiro atoms. The van der Waals surface area contributed by atoms with Gasteiger partial charge in [0.25, 0.3) is 8.48 Å². The molecular formula is C25H45NO3Si2. The van der Waals surface area contributed by atoms with E-state index in [1.165, 1.54) is 0 Å². The Morgan fingerprint density at radius 1 is 0.774 bits per heavy atom. The van der Waals surface area contributed by atoms with Gasteiger partial charge in [-0.05, 0) is 22.1 Å². The highest BCUT2D eigenvalue weighted by atomic mass is 28.4. The number of benzene rings is 1. The second-order valence-electron chi connectivity index (χ2n) is 13.2. The Balaban J connectivity index is 2.79. The van der Waals surface area contributed by atoms with Gasteiger partial charge in [0, 0.05) is 10.1 Å². The molecule has 0 unspecified atom stereocenters. The Morgan fingerprint density at radius 2 is 1.23 bits per heavy atom. The first-order valence-electron chi connectivity index (χ1n) is 11.5. The minimum Gasteiger partial charge on any atom is -0.493 e. The van der Waals surface area contributed by atoms with E-state index >= 15 is 0 Å². The first-order chi connectivity index (χ1) is 13.8. The van der Waals surface area contributed by atoms with E-state index < -0.39 is 23.1 Å². The van der Waals surface area contributed by atoms with Gasteiger partial charge in [0.1, 0.15) is 6.04 Å². The molecule has 1 atom stereocenters. The van der Waals surface area contributed by atoms with Crippen molar-refractivity contribution in [2.24, 2.45) is 0 Å². The van der Waals surface area contributed by atoms with Crippen LogP contribution in [0.2, 0.25) is 20.2 Å². The summed E-state index contributed by atoms with van der Waals surface area (Å²) in [6.07, 6.45) is 0.600. The van der Waals surface area contributed by atoms with Gasteiger partial charge in [0.15, 0.2) is 0 Å². The Labute approximate surface area is 193 Å². The van der Waals surface area contributed by atoms with Gasteiger partial charge in [-0.1, -0.05) is 113 Å². The van der Waals surface area contributed by atoms with Gasteiger partial charge < -0.3 is 13.5 Å². The molecular weight excluding hydrogens is 418 g/mol. The Morgan fingerprint density at radius 3 is 1.61 bits per heavy atom. The van der Waals surface area contributed by atoms with E-state index in [0.717, 1.165) is 5.56 Å². The smallest absolute Gasteiger partial charge is 0.403 e. The van der Waals surface area contributed by atoms with Gasteiger partial charge in [-0.15, -0.1) is 0 Å². The molecule has 0 aromatic heterocycles. The van der Waals surface area contributed by atoms with E-state index in [0.29, 0.717) is 6.42 Å². The minimum atomic E-state index is -3.06. The summed E-state index contributed by atoms with van der Waals surface area (Å²) in [5.41, 5.74) is 1.13. The largest absolute Gasteiger partial charge is 0.493 e. The Bertz CT molecular complexity index is 752. The van der Waals surface area contributed by atoms with Crippen LogP contribution in [0.3, 0.4) is 0 Å².